The lowest BCUT2D eigenvalue weighted by atomic mass is 9.68. The molecule has 394 valence electrons. The number of methoxy groups -OCH3 is 3. The van der Waals surface area contributed by atoms with E-state index in [0.29, 0.717) is 69.8 Å². The average molecular weight is 1000 g/mol. The number of allylic oxidation sites excluding steroid dienone is 6. The van der Waals surface area contributed by atoms with Gasteiger partial charge in [-0.2, -0.15) is 0 Å². The van der Waals surface area contributed by atoms with E-state index >= 15 is 0 Å². The summed E-state index contributed by atoms with van der Waals surface area (Å²) in [6, 6.07) is -1.16. The minimum Gasteiger partial charge on any atom is -0.460 e. The number of piperidine rings is 1. The van der Waals surface area contributed by atoms with Crippen LogP contribution in [0.25, 0.3) is 0 Å². The fraction of sp³-hybridized carbons (Fsp3) is 0.755. The third-order valence-electron chi connectivity index (χ3n) is 15.6. The molecule has 4 aliphatic heterocycles. The summed E-state index contributed by atoms with van der Waals surface area (Å²) in [6.45, 7) is 14.2. The molecule has 0 aromatic carbocycles. The van der Waals surface area contributed by atoms with Gasteiger partial charge in [0.1, 0.15) is 30.1 Å². The number of hydrogen-bond acceptors (Lipinski definition) is 15. The number of ether oxygens (including phenoxy) is 5. The predicted molar refractivity (Wildman–Crippen MR) is 262 cm³/mol. The van der Waals surface area contributed by atoms with Crippen molar-refractivity contribution in [3.63, 3.8) is 0 Å². The summed E-state index contributed by atoms with van der Waals surface area (Å²) in [6.07, 6.45) is 10.5. The van der Waals surface area contributed by atoms with Crippen molar-refractivity contribution in [3.8, 4) is 0 Å². The minimum atomic E-state index is -3.35. The third-order valence-corrected chi connectivity index (χ3v) is 17.0. The zero-order valence-corrected chi connectivity index (χ0v) is 44.3. The summed E-state index contributed by atoms with van der Waals surface area (Å²) in [4.78, 5) is 72.7. The summed E-state index contributed by atoms with van der Waals surface area (Å²) in [5, 5.41) is 23.6. The van der Waals surface area contributed by atoms with E-state index < -0.39 is 109 Å². The van der Waals surface area contributed by atoms with Gasteiger partial charge in [-0.3, -0.25) is 23.7 Å². The maximum atomic E-state index is 14.6. The molecule has 0 radical (unpaired) electrons. The van der Waals surface area contributed by atoms with Crippen molar-refractivity contribution >= 4 is 36.8 Å². The zero-order chi connectivity index (χ0) is 51.7. The number of rotatable bonds is 9. The van der Waals surface area contributed by atoms with Crippen molar-refractivity contribution in [2.75, 3.05) is 41.1 Å². The van der Waals surface area contributed by atoms with Gasteiger partial charge in [-0.1, -0.05) is 64.2 Å². The molecule has 4 fully saturated rings. The average Bonchev–Trinajstić information content (AvgIpc) is 3.32. The van der Waals surface area contributed by atoms with Crippen LogP contribution in [0.2, 0.25) is 0 Å². The molecule has 1 amide bonds. The first kappa shape index (κ1) is 57.7. The quantitative estimate of drug-likeness (QED) is 0.101. The summed E-state index contributed by atoms with van der Waals surface area (Å²) in [5.74, 6) is -8.79. The maximum absolute atomic E-state index is 14.6. The van der Waals surface area contributed by atoms with E-state index in [4.69, 9.17) is 32.7 Å². The topological polar surface area (TPSA) is 211 Å². The molecule has 4 heterocycles. The van der Waals surface area contributed by atoms with E-state index in [2.05, 4.69) is 0 Å². The molecule has 0 aromatic heterocycles. The van der Waals surface area contributed by atoms with Crippen molar-refractivity contribution < 1.29 is 71.5 Å². The molecule has 1 aliphatic carbocycles. The van der Waals surface area contributed by atoms with Gasteiger partial charge < -0.3 is 47.8 Å². The second-order valence-corrected chi connectivity index (χ2v) is 22.8. The summed E-state index contributed by atoms with van der Waals surface area (Å²) >= 11 is 0. The number of esters is 1. The minimum absolute atomic E-state index is 0.0105. The molecule has 70 heavy (non-hydrogen) atoms. The molecule has 1 saturated carbocycles. The Hall–Kier alpha value is -3.18. The lowest BCUT2D eigenvalue weighted by Crippen LogP contribution is -2.65. The van der Waals surface area contributed by atoms with Crippen molar-refractivity contribution in [1.29, 1.82) is 0 Å². The van der Waals surface area contributed by atoms with Crippen LogP contribution in [-0.4, -0.2) is 140 Å². The van der Waals surface area contributed by atoms with Gasteiger partial charge in [-0.15, -0.1) is 0 Å². The molecule has 11 unspecified atom stereocenters. The van der Waals surface area contributed by atoms with Crippen LogP contribution in [0.4, 0.5) is 0 Å². The first-order chi connectivity index (χ1) is 33.1. The second-order valence-electron chi connectivity index (χ2n) is 20.8. The number of Topliss-reactive ketones (excluding diaryl/α,β-unsaturated/α-hetero) is 3. The lowest BCUT2D eigenvalue weighted by Gasteiger charge is -2.50. The fourth-order valence-electron chi connectivity index (χ4n) is 11.5. The van der Waals surface area contributed by atoms with Crippen LogP contribution in [0.3, 0.4) is 0 Å². The summed E-state index contributed by atoms with van der Waals surface area (Å²) in [7, 11) is 1.17. The highest BCUT2D eigenvalue weighted by Gasteiger charge is 2.57. The Morgan fingerprint density at radius 2 is 1.60 bits per heavy atom. The first-order valence-electron chi connectivity index (χ1n) is 25.5. The molecule has 4 bridgehead atoms. The fourth-order valence-corrected chi connectivity index (χ4v) is 12.8. The van der Waals surface area contributed by atoms with Gasteiger partial charge in [0.25, 0.3) is 11.7 Å². The number of fused-ring (bicyclic) bond motifs is 4. The third kappa shape index (κ3) is 14.1. The number of nitrogens with zero attached hydrogens (tertiary/aromatic N) is 1. The van der Waals surface area contributed by atoms with Gasteiger partial charge in [0.05, 0.1) is 31.0 Å². The Labute approximate surface area is 415 Å². The van der Waals surface area contributed by atoms with Gasteiger partial charge in [-0.25, -0.2) is 4.79 Å². The molecule has 5 aliphatic rings. The number of carbonyl (C=O) groups is 5. The number of hydrogen-bond donors (Lipinski definition) is 2. The standard InChI is InChI=1S/C53H82NO15P/c1-12-66-70(11,62)69-42-23-21-37(28-45(42)64-9)27-40-39-19-16-24-54-46(39)52(60)67-44(40)30-41(55)33(4)26-35(6)48(57)49(65-10)47(56)34(5)25-31(2)17-14-13-15-18-32(3)43(63-8)29-38-22-20-36(7)53(61,68-38)50(58)51(54)59/h13-15,17-18,26,31,33-34,36-40,42-46,48-49,57,61H,12,16,19-25,27-30H2,1-11H3/b15-13+,17-14+,32-18+,35-26+/t31?,33?,34?,36?,37?,38-,39?,40-,42+,43-,44-,45?,46?,48?,49-,53?,70?/m0/s1. The second kappa shape index (κ2) is 25.7. The van der Waals surface area contributed by atoms with Gasteiger partial charge in [0.15, 0.2) is 5.78 Å². The van der Waals surface area contributed by atoms with Crippen LogP contribution >= 0.6 is 7.60 Å². The largest absolute Gasteiger partial charge is 0.460 e. The normalized spacial score (nSPS) is 41.4. The van der Waals surface area contributed by atoms with E-state index in [1.165, 1.54) is 18.7 Å². The van der Waals surface area contributed by atoms with E-state index in [9.17, 15) is 38.8 Å². The highest BCUT2D eigenvalue weighted by atomic mass is 31.2. The van der Waals surface area contributed by atoms with E-state index in [-0.39, 0.29) is 43.0 Å². The van der Waals surface area contributed by atoms with Gasteiger partial charge >= 0.3 is 13.6 Å². The first-order valence-corrected chi connectivity index (χ1v) is 27.5. The Morgan fingerprint density at radius 3 is 2.27 bits per heavy atom. The number of amides is 1. The van der Waals surface area contributed by atoms with E-state index in [1.54, 1.807) is 48.0 Å². The predicted octanol–water partition coefficient (Wildman–Crippen LogP) is 7.28. The monoisotopic (exact) mass is 1000 g/mol. The van der Waals surface area contributed by atoms with Gasteiger partial charge in [0, 0.05) is 71.1 Å². The van der Waals surface area contributed by atoms with Crippen molar-refractivity contribution in [2.45, 2.75) is 174 Å². The molecule has 2 N–H and O–H groups in total. The number of aliphatic hydroxyl groups is 2. The van der Waals surface area contributed by atoms with Crippen molar-refractivity contribution in [2.24, 2.45) is 41.4 Å². The highest BCUT2D eigenvalue weighted by Crippen LogP contribution is 2.50. The van der Waals surface area contributed by atoms with Crippen LogP contribution in [0, 0.1) is 41.4 Å². The zero-order valence-electron chi connectivity index (χ0n) is 43.4. The Bertz CT molecular complexity index is 2020. The van der Waals surface area contributed by atoms with Crippen LogP contribution in [0.5, 0.6) is 0 Å². The Balaban J connectivity index is 1.51. The number of carbonyl (C=O) groups excluding carboxylic acids is 5. The van der Waals surface area contributed by atoms with Gasteiger partial charge in [0.2, 0.25) is 5.79 Å². The summed E-state index contributed by atoms with van der Waals surface area (Å²) in [5.41, 5.74) is 1.25. The van der Waals surface area contributed by atoms with E-state index in [1.807, 2.05) is 51.2 Å². The maximum Gasteiger partial charge on any atom is 0.329 e. The Kier molecular flexibility index (Phi) is 21.2. The van der Waals surface area contributed by atoms with Gasteiger partial charge in [-0.05, 0) is 107 Å². The Morgan fingerprint density at radius 1 is 0.871 bits per heavy atom. The highest BCUT2D eigenvalue weighted by molar-refractivity contribution is 7.53. The molecule has 3 saturated heterocycles. The van der Waals surface area contributed by atoms with Crippen LogP contribution in [-0.2, 0) is 61.3 Å². The van der Waals surface area contributed by atoms with Crippen molar-refractivity contribution in [3.05, 3.63) is 47.6 Å². The lowest BCUT2D eigenvalue weighted by molar-refractivity contribution is -0.266. The SMILES string of the molecule is CCOP(C)(=O)O[C@@H]1CCC(C[C@H]2C3CCCN4C(=O)C(=O)C5(O)O[C@@H](CCC5C)C[C@H](OC)/C(C)=C/C=C/C=C/C(C)CC(C)C(=O)[C@H](OC)C(O)/C(C)=C/C(C)C(=O)C[C@@H]2OC(=O)C34)CC1OC. The van der Waals surface area contributed by atoms with E-state index in [0.717, 1.165) is 5.57 Å². The number of ketones is 3. The molecule has 5 rings (SSSR count). The summed E-state index contributed by atoms with van der Waals surface area (Å²) < 4.78 is 54.3. The molecular weight excluding hydrogens is 922 g/mol. The van der Waals surface area contributed by atoms with Crippen molar-refractivity contribution in [1.82, 2.24) is 4.90 Å². The molecule has 17 atom stereocenters. The smallest absolute Gasteiger partial charge is 0.329 e. The molecular formula is C53H82NO15P. The molecule has 0 aromatic rings. The van der Waals surface area contributed by atoms with Crippen LogP contribution in [0.1, 0.15) is 119 Å². The molecule has 17 heteroatoms. The van der Waals surface area contributed by atoms with Crippen LogP contribution in [0.15, 0.2) is 47.6 Å². The molecule has 0 spiro atoms. The van der Waals surface area contributed by atoms with Crippen LogP contribution < -0.4 is 0 Å². The molecule has 16 nitrogen and oxygen atoms in total. The number of aliphatic hydroxyl groups excluding tert-OH is 1.